The lowest BCUT2D eigenvalue weighted by molar-refractivity contribution is 0.0697. The number of rotatable bonds is 3. The van der Waals surface area contributed by atoms with Gasteiger partial charge in [0.25, 0.3) is 0 Å². The third kappa shape index (κ3) is 2.92. The molecule has 0 aliphatic heterocycles. The molecule has 0 bridgehead atoms. The van der Waals surface area contributed by atoms with Gasteiger partial charge in [0, 0.05) is 0 Å². The molecule has 0 spiro atoms. The number of amidine groups is 1. The number of hydrogen-bond acceptors (Lipinski definition) is 2. The molecular formula is C9H6BrClF2N2O2. The molecule has 92 valence electrons. The van der Waals surface area contributed by atoms with Crippen LogP contribution < -0.4 is 5.73 Å². The summed E-state index contributed by atoms with van der Waals surface area (Å²) in [4.78, 5) is 14.5. The lowest BCUT2D eigenvalue weighted by Gasteiger charge is -2.06. The van der Waals surface area contributed by atoms with E-state index >= 15 is 0 Å². The van der Waals surface area contributed by atoms with Crippen molar-refractivity contribution in [2.24, 2.45) is 10.7 Å². The average molecular weight is 328 g/mol. The first kappa shape index (κ1) is 13.9. The van der Waals surface area contributed by atoms with Crippen LogP contribution in [0.4, 0.5) is 14.5 Å². The van der Waals surface area contributed by atoms with Crippen LogP contribution in [-0.2, 0) is 0 Å². The second-order valence-electron chi connectivity index (χ2n) is 2.92. The van der Waals surface area contributed by atoms with Gasteiger partial charge in [-0.3, -0.25) is 0 Å². The van der Waals surface area contributed by atoms with Crippen molar-refractivity contribution >= 4 is 45.0 Å². The molecule has 4 nitrogen and oxygen atoms in total. The molecule has 0 atom stereocenters. The van der Waals surface area contributed by atoms with Gasteiger partial charge < -0.3 is 10.8 Å². The number of carbonyl (C=O) groups is 1. The van der Waals surface area contributed by atoms with Gasteiger partial charge in [0.05, 0.1) is 21.6 Å². The molecule has 1 aromatic carbocycles. The molecule has 1 rings (SSSR count). The van der Waals surface area contributed by atoms with Crippen LogP contribution in [0.5, 0.6) is 0 Å². The monoisotopic (exact) mass is 326 g/mol. The number of alkyl halides is 1. The molecule has 0 aliphatic rings. The van der Waals surface area contributed by atoms with E-state index in [-0.39, 0.29) is 17.4 Å². The van der Waals surface area contributed by atoms with Crippen LogP contribution in [0.15, 0.2) is 15.5 Å². The Morgan fingerprint density at radius 3 is 2.65 bits per heavy atom. The first-order valence-electron chi connectivity index (χ1n) is 4.18. The topological polar surface area (TPSA) is 75.7 Å². The molecule has 3 N–H and O–H groups in total. The third-order valence-corrected chi connectivity index (χ3v) is 2.76. The van der Waals surface area contributed by atoms with Gasteiger partial charge in [-0.05, 0) is 22.0 Å². The van der Waals surface area contributed by atoms with Gasteiger partial charge in [-0.15, -0.1) is 11.6 Å². The van der Waals surface area contributed by atoms with Crippen molar-refractivity contribution < 1.29 is 18.7 Å². The number of nitrogens with zero attached hydrogens (tertiary/aromatic N) is 1. The Morgan fingerprint density at radius 2 is 2.18 bits per heavy atom. The summed E-state index contributed by atoms with van der Waals surface area (Å²) in [6, 6.07) is 0.531. The lowest BCUT2D eigenvalue weighted by Crippen LogP contribution is -2.13. The van der Waals surface area contributed by atoms with Crippen LogP contribution in [0.25, 0.3) is 0 Å². The maximum absolute atomic E-state index is 13.2. The van der Waals surface area contributed by atoms with Crippen LogP contribution in [-0.4, -0.2) is 22.8 Å². The van der Waals surface area contributed by atoms with E-state index in [0.717, 1.165) is 0 Å². The van der Waals surface area contributed by atoms with E-state index in [0.29, 0.717) is 6.07 Å². The number of carboxylic acids is 1. The molecule has 17 heavy (non-hydrogen) atoms. The normalized spacial score (nSPS) is 11.6. The van der Waals surface area contributed by atoms with Crippen LogP contribution in [0.1, 0.15) is 10.4 Å². The number of aliphatic imine (C=N–C) groups is 1. The Kier molecular flexibility index (Phi) is 4.41. The smallest absolute Gasteiger partial charge is 0.338 e. The molecule has 8 heteroatoms. The summed E-state index contributed by atoms with van der Waals surface area (Å²) in [6.07, 6.45) is 0. The summed E-state index contributed by atoms with van der Waals surface area (Å²) in [5.41, 5.74) is 4.50. The summed E-state index contributed by atoms with van der Waals surface area (Å²) in [5.74, 6) is -4.26. The van der Waals surface area contributed by atoms with E-state index in [1.165, 1.54) is 0 Å². The highest BCUT2D eigenvalue weighted by molar-refractivity contribution is 9.10. The summed E-state index contributed by atoms with van der Waals surface area (Å²) in [6.45, 7) is 0. The van der Waals surface area contributed by atoms with Crippen molar-refractivity contribution in [3.63, 3.8) is 0 Å². The summed E-state index contributed by atoms with van der Waals surface area (Å²) < 4.78 is 25.8. The van der Waals surface area contributed by atoms with Gasteiger partial charge in [0.1, 0.15) is 5.84 Å². The molecule has 0 unspecified atom stereocenters. The lowest BCUT2D eigenvalue weighted by atomic mass is 10.1. The molecule has 0 radical (unpaired) electrons. The maximum Gasteiger partial charge on any atom is 0.338 e. The first-order chi connectivity index (χ1) is 7.88. The molecule has 0 aliphatic carbocycles. The second-order valence-corrected chi connectivity index (χ2v) is 3.98. The number of benzene rings is 1. The fourth-order valence-corrected chi connectivity index (χ4v) is 1.58. The molecule has 0 saturated carbocycles. The van der Waals surface area contributed by atoms with Crippen molar-refractivity contribution in [1.82, 2.24) is 0 Å². The van der Waals surface area contributed by atoms with Crippen LogP contribution in [0.2, 0.25) is 0 Å². The Morgan fingerprint density at radius 1 is 1.59 bits per heavy atom. The standard InChI is InChI=1S/C9H6BrClF2N2O2/c10-6-7(13)4(12)1-3(9(16)17)8(6)15-5(14)2-11/h1H,2H2,(H2,14,15)(H,16,17). The zero-order valence-corrected chi connectivity index (χ0v) is 10.5. The highest BCUT2D eigenvalue weighted by Crippen LogP contribution is 2.33. The van der Waals surface area contributed by atoms with Crippen molar-refractivity contribution in [2.45, 2.75) is 0 Å². The molecule has 0 amide bonds. The highest BCUT2D eigenvalue weighted by Gasteiger charge is 2.20. The molecule has 0 saturated heterocycles. The van der Waals surface area contributed by atoms with E-state index < -0.39 is 27.6 Å². The van der Waals surface area contributed by atoms with Gasteiger partial charge in [-0.25, -0.2) is 18.6 Å². The fourth-order valence-electron chi connectivity index (χ4n) is 1.03. The number of nitrogens with two attached hydrogens (primary N) is 1. The number of hydrogen-bond donors (Lipinski definition) is 2. The molecule has 0 heterocycles. The van der Waals surface area contributed by atoms with Crippen LogP contribution in [0, 0.1) is 11.6 Å². The van der Waals surface area contributed by atoms with E-state index in [9.17, 15) is 13.6 Å². The predicted molar refractivity (Wildman–Crippen MR) is 63.0 cm³/mol. The minimum Gasteiger partial charge on any atom is -0.478 e. The van der Waals surface area contributed by atoms with Crippen LogP contribution in [0.3, 0.4) is 0 Å². The van der Waals surface area contributed by atoms with Gasteiger partial charge in [0.15, 0.2) is 11.6 Å². The summed E-state index contributed by atoms with van der Waals surface area (Å²) in [7, 11) is 0. The Balaban J connectivity index is 3.55. The van der Waals surface area contributed by atoms with E-state index in [1.54, 1.807) is 0 Å². The van der Waals surface area contributed by atoms with Crippen LogP contribution >= 0.6 is 27.5 Å². The van der Waals surface area contributed by atoms with Crippen molar-refractivity contribution in [3.05, 3.63) is 27.7 Å². The predicted octanol–water partition coefficient (Wildman–Crippen LogP) is 2.65. The van der Waals surface area contributed by atoms with E-state index in [2.05, 4.69) is 20.9 Å². The minimum absolute atomic E-state index is 0.110. The maximum atomic E-state index is 13.2. The SMILES string of the molecule is NC(CCl)=Nc1c(C(=O)O)cc(F)c(F)c1Br. The van der Waals surface area contributed by atoms with Gasteiger partial charge >= 0.3 is 5.97 Å². The first-order valence-corrected chi connectivity index (χ1v) is 5.51. The van der Waals surface area contributed by atoms with Gasteiger partial charge in [-0.2, -0.15) is 0 Å². The average Bonchev–Trinajstić information content (AvgIpc) is 2.28. The van der Waals surface area contributed by atoms with Gasteiger partial charge in [-0.1, -0.05) is 0 Å². The number of carboxylic acid groups (broad SMARTS) is 1. The minimum atomic E-state index is -1.45. The van der Waals surface area contributed by atoms with E-state index in [4.69, 9.17) is 22.4 Å². The van der Waals surface area contributed by atoms with Crippen molar-refractivity contribution in [2.75, 3.05) is 5.88 Å². The second kappa shape index (κ2) is 5.42. The molecule has 0 aromatic heterocycles. The zero-order chi connectivity index (χ0) is 13.2. The van der Waals surface area contributed by atoms with Crippen molar-refractivity contribution in [3.8, 4) is 0 Å². The van der Waals surface area contributed by atoms with Gasteiger partial charge in [0.2, 0.25) is 0 Å². The highest BCUT2D eigenvalue weighted by atomic mass is 79.9. The molecule has 0 fully saturated rings. The quantitative estimate of drug-likeness (QED) is 0.388. The van der Waals surface area contributed by atoms with Crippen molar-refractivity contribution in [1.29, 1.82) is 0 Å². The molecular weight excluding hydrogens is 321 g/mol. The summed E-state index contributed by atoms with van der Waals surface area (Å²) >= 11 is 8.09. The number of aromatic carboxylic acids is 1. The Labute approximate surface area is 108 Å². The third-order valence-electron chi connectivity index (χ3n) is 1.76. The molecule has 1 aromatic rings. The fraction of sp³-hybridized carbons (Fsp3) is 0.111. The Bertz CT molecular complexity index is 508. The largest absolute Gasteiger partial charge is 0.478 e. The van der Waals surface area contributed by atoms with E-state index in [1.807, 2.05) is 0 Å². The zero-order valence-electron chi connectivity index (χ0n) is 8.18. The summed E-state index contributed by atoms with van der Waals surface area (Å²) in [5, 5.41) is 8.84. The Hall–Kier alpha value is -1.21. The number of halogens is 4.